The Morgan fingerprint density at radius 2 is 1.68 bits per heavy atom. The lowest BCUT2D eigenvalue weighted by Crippen LogP contribution is -2.45. The summed E-state index contributed by atoms with van der Waals surface area (Å²) >= 11 is 0. The zero-order valence-corrected chi connectivity index (χ0v) is 15.3. The van der Waals surface area contributed by atoms with Crippen molar-refractivity contribution in [2.24, 2.45) is 0 Å². The van der Waals surface area contributed by atoms with Gasteiger partial charge < -0.3 is 15.3 Å². The van der Waals surface area contributed by atoms with Crippen LogP contribution in [0.5, 0.6) is 0 Å². The number of aliphatic hydroxyl groups is 1. The molecular formula is C20H31N3O2. The average Bonchev–Trinajstić information content (AvgIpc) is 3.03. The van der Waals surface area contributed by atoms with Gasteiger partial charge in [-0.15, -0.1) is 0 Å². The molecule has 1 amide bonds. The van der Waals surface area contributed by atoms with Gasteiger partial charge in [0.15, 0.2) is 0 Å². The Morgan fingerprint density at radius 1 is 1.08 bits per heavy atom. The second-order valence-electron chi connectivity index (χ2n) is 7.56. The van der Waals surface area contributed by atoms with Crippen molar-refractivity contribution in [1.82, 2.24) is 9.80 Å². The number of benzene rings is 1. The summed E-state index contributed by atoms with van der Waals surface area (Å²) < 4.78 is 0. The van der Waals surface area contributed by atoms with Gasteiger partial charge in [0.2, 0.25) is 5.91 Å². The van der Waals surface area contributed by atoms with Crippen LogP contribution in [0.1, 0.15) is 44.6 Å². The number of rotatable bonds is 6. The number of nitrogens with one attached hydrogen (secondary N) is 1. The number of nitrogens with zero attached hydrogens (tertiary/aromatic N) is 2. The van der Waals surface area contributed by atoms with E-state index < -0.39 is 5.60 Å². The fraction of sp³-hybridized carbons (Fsp3) is 0.650. The van der Waals surface area contributed by atoms with Crippen LogP contribution in [0.3, 0.4) is 0 Å². The highest BCUT2D eigenvalue weighted by molar-refractivity contribution is 5.91. The Hall–Kier alpha value is -1.43. The van der Waals surface area contributed by atoms with E-state index in [1.807, 2.05) is 12.1 Å². The summed E-state index contributed by atoms with van der Waals surface area (Å²) in [5.41, 5.74) is 1.30. The van der Waals surface area contributed by atoms with Crippen molar-refractivity contribution in [3.63, 3.8) is 0 Å². The number of hydrogen-bond donors (Lipinski definition) is 2. The van der Waals surface area contributed by atoms with E-state index in [9.17, 15) is 9.90 Å². The summed E-state index contributed by atoms with van der Waals surface area (Å²) in [5, 5.41) is 13.3. The van der Waals surface area contributed by atoms with Gasteiger partial charge in [-0.25, -0.2) is 0 Å². The number of hydrogen-bond acceptors (Lipinski definition) is 4. The molecule has 5 nitrogen and oxygen atoms in total. The molecule has 0 unspecified atom stereocenters. The normalized spacial score (nSPS) is 21.4. The number of carbonyl (C=O) groups is 1. The molecule has 25 heavy (non-hydrogen) atoms. The van der Waals surface area contributed by atoms with Crippen molar-refractivity contribution in [1.29, 1.82) is 0 Å². The van der Waals surface area contributed by atoms with Crippen molar-refractivity contribution < 1.29 is 9.90 Å². The van der Waals surface area contributed by atoms with Crippen LogP contribution in [0.15, 0.2) is 24.3 Å². The van der Waals surface area contributed by atoms with Gasteiger partial charge in [-0.1, -0.05) is 31.9 Å². The van der Waals surface area contributed by atoms with Gasteiger partial charge in [-0.2, -0.15) is 0 Å². The summed E-state index contributed by atoms with van der Waals surface area (Å²) in [6.07, 6.45) is 3.72. The Kier molecular flexibility index (Phi) is 6.10. The first-order chi connectivity index (χ1) is 12.1. The molecule has 2 N–H and O–H groups in total. The third-order valence-electron chi connectivity index (χ3n) is 5.58. The van der Waals surface area contributed by atoms with Gasteiger partial charge in [-0.05, 0) is 37.1 Å². The van der Waals surface area contributed by atoms with Crippen LogP contribution >= 0.6 is 0 Å². The second-order valence-corrected chi connectivity index (χ2v) is 7.56. The zero-order valence-electron chi connectivity index (χ0n) is 15.3. The summed E-state index contributed by atoms with van der Waals surface area (Å²) in [6, 6.07) is 8.11. The van der Waals surface area contributed by atoms with E-state index in [0.29, 0.717) is 0 Å². The van der Waals surface area contributed by atoms with Crippen LogP contribution in [0, 0.1) is 0 Å². The molecule has 0 atom stereocenters. The monoisotopic (exact) mass is 345 g/mol. The predicted octanol–water partition coefficient (Wildman–Crippen LogP) is 2.46. The van der Waals surface area contributed by atoms with E-state index in [-0.39, 0.29) is 12.3 Å². The number of carbonyl (C=O) groups excluding carboxylic acids is 1. The van der Waals surface area contributed by atoms with Crippen LogP contribution in [0.25, 0.3) is 0 Å². The zero-order chi connectivity index (χ0) is 17.7. The summed E-state index contributed by atoms with van der Waals surface area (Å²) in [7, 11) is 0. The van der Waals surface area contributed by atoms with Gasteiger partial charge in [-0.3, -0.25) is 9.69 Å². The van der Waals surface area contributed by atoms with Crippen molar-refractivity contribution in [2.75, 3.05) is 38.0 Å². The van der Waals surface area contributed by atoms with Gasteiger partial charge in [0.05, 0.1) is 12.0 Å². The molecule has 2 fully saturated rings. The van der Waals surface area contributed by atoms with E-state index in [2.05, 4.69) is 34.2 Å². The number of amides is 1. The van der Waals surface area contributed by atoms with E-state index in [1.54, 1.807) is 0 Å². The molecule has 2 aliphatic rings. The second kappa shape index (κ2) is 8.30. The van der Waals surface area contributed by atoms with Crippen LogP contribution < -0.4 is 5.32 Å². The molecule has 0 aromatic heterocycles. The molecule has 1 aromatic rings. The fourth-order valence-electron chi connectivity index (χ4n) is 3.93. The molecule has 138 valence electrons. The standard InChI is InChI=1S/C20H31N3O2/c1-2-22-11-13-23(14-12-22)16-17-5-7-18(8-6-17)21-19(24)15-20(25)9-3-4-10-20/h5-8,25H,2-4,9-16H2,1H3,(H,21,24). The van der Waals surface area contributed by atoms with Gasteiger partial charge in [0.1, 0.15) is 0 Å². The maximum Gasteiger partial charge on any atom is 0.227 e. The van der Waals surface area contributed by atoms with Crippen molar-refractivity contribution in [2.45, 2.75) is 51.2 Å². The minimum atomic E-state index is -0.787. The molecule has 1 saturated carbocycles. The molecule has 1 saturated heterocycles. The van der Waals surface area contributed by atoms with Crippen LogP contribution in [-0.4, -0.2) is 59.1 Å². The van der Waals surface area contributed by atoms with Crippen LogP contribution in [0.2, 0.25) is 0 Å². The molecule has 1 heterocycles. The van der Waals surface area contributed by atoms with Crippen molar-refractivity contribution in [3.8, 4) is 0 Å². The maximum atomic E-state index is 12.2. The Morgan fingerprint density at radius 3 is 2.28 bits per heavy atom. The number of likely N-dealkylation sites (N-methyl/N-ethyl adjacent to an activating group) is 1. The third kappa shape index (κ3) is 5.27. The Labute approximate surface area is 151 Å². The third-order valence-corrected chi connectivity index (χ3v) is 5.58. The SMILES string of the molecule is CCN1CCN(Cc2ccc(NC(=O)CC3(O)CCCC3)cc2)CC1. The highest BCUT2D eigenvalue weighted by Crippen LogP contribution is 2.32. The molecule has 1 aliphatic heterocycles. The summed E-state index contributed by atoms with van der Waals surface area (Å²) in [5.74, 6) is -0.0900. The first-order valence-electron chi connectivity index (χ1n) is 9.62. The highest BCUT2D eigenvalue weighted by atomic mass is 16.3. The van der Waals surface area contributed by atoms with Crippen molar-refractivity contribution >= 4 is 11.6 Å². The first-order valence-corrected chi connectivity index (χ1v) is 9.62. The maximum absolute atomic E-state index is 12.2. The molecule has 0 radical (unpaired) electrons. The largest absolute Gasteiger partial charge is 0.389 e. The summed E-state index contributed by atoms with van der Waals surface area (Å²) in [4.78, 5) is 17.1. The first kappa shape index (κ1) is 18.4. The van der Waals surface area contributed by atoms with E-state index >= 15 is 0 Å². The molecule has 1 aromatic carbocycles. The lowest BCUT2D eigenvalue weighted by molar-refractivity contribution is -0.120. The van der Waals surface area contributed by atoms with Crippen LogP contribution in [-0.2, 0) is 11.3 Å². The fourth-order valence-corrected chi connectivity index (χ4v) is 3.93. The van der Waals surface area contributed by atoms with E-state index in [0.717, 1.165) is 70.6 Å². The number of piperazine rings is 1. The quantitative estimate of drug-likeness (QED) is 0.832. The lowest BCUT2D eigenvalue weighted by atomic mass is 9.97. The minimum Gasteiger partial charge on any atom is -0.389 e. The molecule has 0 spiro atoms. The van der Waals surface area contributed by atoms with Gasteiger partial charge >= 0.3 is 0 Å². The molecule has 1 aliphatic carbocycles. The van der Waals surface area contributed by atoms with Crippen LogP contribution in [0.4, 0.5) is 5.69 Å². The highest BCUT2D eigenvalue weighted by Gasteiger charge is 2.33. The Bertz CT molecular complexity index is 559. The molecular weight excluding hydrogens is 314 g/mol. The number of anilines is 1. The smallest absolute Gasteiger partial charge is 0.227 e. The van der Waals surface area contributed by atoms with E-state index in [4.69, 9.17) is 0 Å². The van der Waals surface area contributed by atoms with Gasteiger partial charge in [0.25, 0.3) is 0 Å². The van der Waals surface area contributed by atoms with Crippen molar-refractivity contribution in [3.05, 3.63) is 29.8 Å². The Balaban J connectivity index is 1.46. The molecule has 0 bridgehead atoms. The topological polar surface area (TPSA) is 55.8 Å². The molecule has 3 rings (SSSR count). The predicted molar refractivity (Wildman–Crippen MR) is 100 cm³/mol. The van der Waals surface area contributed by atoms with Gasteiger partial charge in [0, 0.05) is 38.4 Å². The molecule has 5 heteroatoms. The average molecular weight is 345 g/mol. The minimum absolute atomic E-state index is 0.0900. The lowest BCUT2D eigenvalue weighted by Gasteiger charge is -2.34. The summed E-state index contributed by atoms with van der Waals surface area (Å²) in [6.45, 7) is 8.84. The van der Waals surface area contributed by atoms with E-state index in [1.165, 1.54) is 5.56 Å².